The van der Waals surface area contributed by atoms with Crippen molar-refractivity contribution in [3.8, 4) is 11.4 Å². The van der Waals surface area contributed by atoms with Crippen molar-refractivity contribution in [2.75, 3.05) is 6.61 Å². The molecule has 0 aliphatic carbocycles. The average molecular weight is 371 g/mol. The minimum atomic E-state index is -0.365. The summed E-state index contributed by atoms with van der Waals surface area (Å²) in [5, 5.41) is 15.8. The summed E-state index contributed by atoms with van der Waals surface area (Å²) in [5.74, 6) is 0.190. The van der Waals surface area contributed by atoms with Gasteiger partial charge in [0.1, 0.15) is 12.1 Å². The van der Waals surface area contributed by atoms with E-state index in [1.54, 1.807) is 31.2 Å². The van der Waals surface area contributed by atoms with Crippen LogP contribution in [0.2, 0.25) is 5.02 Å². The topological polar surface area (TPSA) is 94.3 Å². The maximum atomic E-state index is 11.9. The molecule has 0 aliphatic heterocycles. The molecule has 0 radical (unpaired) electrons. The van der Waals surface area contributed by atoms with Crippen LogP contribution >= 0.6 is 11.6 Å². The molecule has 8 nitrogen and oxygen atoms in total. The van der Waals surface area contributed by atoms with Crippen molar-refractivity contribution in [1.82, 2.24) is 25.6 Å². The van der Waals surface area contributed by atoms with Gasteiger partial charge in [-0.1, -0.05) is 23.7 Å². The van der Waals surface area contributed by atoms with Gasteiger partial charge in [-0.25, -0.2) is 10.1 Å². The number of aromatic nitrogens is 4. The number of rotatable bonds is 6. The number of benzene rings is 2. The van der Waals surface area contributed by atoms with Crippen molar-refractivity contribution in [2.45, 2.75) is 6.92 Å². The zero-order chi connectivity index (χ0) is 18.4. The highest BCUT2D eigenvalue weighted by atomic mass is 35.5. The van der Waals surface area contributed by atoms with Crippen LogP contribution in [0.5, 0.6) is 5.75 Å². The standard InChI is InChI=1S/C17H15ClN6O2/c1-12(13-3-2-4-15(9-13)24-11-19-22-23-24)20-21-17(25)10-26-16-7-5-14(18)6-8-16/h2-9,11H,10H2,1H3,(H,21,25)/b20-12+. The number of halogens is 1. The summed E-state index contributed by atoms with van der Waals surface area (Å²) in [6.45, 7) is 1.64. The molecule has 0 saturated carbocycles. The fourth-order valence-electron chi connectivity index (χ4n) is 2.08. The second kappa shape index (κ2) is 8.21. The van der Waals surface area contributed by atoms with Crippen molar-refractivity contribution in [3.05, 3.63) is 65.4 Å². The molecule has 0 fully saturated rings. The van der Waals surface area contributed by atoms with E-state index in [4.69, 9.17) is 16.3 Å². The molecule has 3 aromatic rings. The molecule has 9 heteroatoms. The first-order valence-electron chi connectivity index (χ1n) is 7.67. The number of carbonyl (C=O) groups is 1. The highest BCUT2D eigenvalue weighted by molar-refractivity contribution is 6.30. The quantitative estimate of drug-likeness (QED) is 0.530. The average Bonchev–Trinajstić information content (AvgIpc) is 3.20. The van der Waals surface area contributed by atoms with E-state index >= 15 is 0 Å². The van der Waals surface area contributed by atoms with Crippen LogP contribution in [-0.4, -0.2) is 38.4 Å². The third-order valence-corrected chi connectivity index (χ3v) is 3.66. The minimum Gasteiger partial charge on any atom is -0.484 e. The molecule has 0 aliphatic rings. The van der Waals surface area contributed by atoms with Gasteiger partial charge in [-0.3, -0.25) is 4.79 Å². The summed E-state index contributed by atoms with van der Waals surface area (Å²) in [7, 11) is 0. The second-order valence-corrected chi connectivity index (χ2v) is 5.72. The number of ether oxygens (including phenoxy) is 1. The van der Waals surface area contributed by atoms with Crippen molar-refractivity contribution in [2.24, 2.45) is 5.10 Å². The van der Waals surface area contributed by atoms with E-state index in [9.17, 15) is 4.79 Å². The van der Waals surface area contributed by atoms with Crippen molar-refractivity contribution >= 4 is 23.2 Å². The SMILES string of the molecule is C/C(=N\NC(=O)COc1ccc(Cl)cc1)c1cccc(-n2cnnn2)c1. The predicted octanol–water partition coefficient (Wildman–Crippen LogP) is 2.23. The van der Waals surface area contributed by atoms with Gasteiger partial charge in [0, 0.05) is 5.02 Å². The fraction of sp³-hybridized carbons (Fsp3) is 0.118. The molecule has 26 heavy (non-hydrogen) atoms. The van der Waals surface area contributed by atoms with Gasteiger partial charge < -0.3 is 4.74 Å². The van der Waals surface area contributed by atoms with Crippen LogP contribution in [0.1, 0.15) is 12.5 Å². The molecule has 0 bridgehead atoms. The van der Waals surface area contributed by atoms with Crippen LogP contribution in [-0.2, 0) is 4.79 Å². The molecular formula is C17H15ClN6O2. The van der Waals surface area contributed by atoms with E-state index in [0.717, 1.165) is 11.3 Å². The number of tetrazole rings is 1. The van der Waals surface area contributed by atoms with Gasteiger partial charge in [-0.05, 0) is 59.3 Å². The molecule has 1 amide bonds. The molecular weight excluding hydrogens is 356 g/mol. The maximum Gasteiger partial charge on any atom is 0.277 e. The lowest BCUT2D eigenvalue weighted by Gasteiger charge is -2.07. The Morgan fingerprint density at radius 3 is 2.81 bits per heavy atom. The van der Waals surface area contributed by atoms with Crippen molar-refractivity contribution in [1.29, 1.82) is 0 Å². The fourth-order valence-corrected chi connectivity index (χ4v) is 2.20. The van der Waals surface area contributed by atoms with Gasteiger partial charge in [0.05, 0.1) is 11.4 Å². The summed E-state index contributed by atoms with van der Waals surface area (Å²) in [4.78, 5) is 11.9. The largest absolute Gasteiger partial charge is 0.484 e. The summed E-state index contributed by atoms with van der Waals surface area (Å²) in [6.07, 6.45) is 1.50. The zero-order valence-corrected chi connectivity index (χ0v) is 14.6. The van der Waals surface area contributed by atoms with Gasteiger partial charge in [0.2, 0.25) is 0 Å². The van der Waals surface area contributed by atoms with Gasteiger partial charge in [-0.15, -0.1) is 5.10 Å². The Kier molecular flexibility index (Phi) is 5.55. The van der Waals surface area contributed by atoms with E-state index in [1.807, 2.05) is 24.3 Å². The van der Waals surface area contributed by atoms with E-state index in [2.05, 4.69) is 26.1 Å². The van der Waals surface area contributed by atoms with Crippen LogP contribution in [0, 0.1) is 0 Å². The first kappa shape index (κ1) is 17.6. The van der Waals surface area contributed by atoms with Crippen LogP contribution < -0.4 is 10.2 Å². The van der Waals surface area contributed by atoms with E-state index in [1.165, 1.54) is 11.0 Å². The van der Waals surface area contributed by atoms with Crippen LogP contribution in [0.25, 0.3) is 5.69 Å². The Morgan fingerprint density at radius 2 is 2.08 bits per heavy atom. The van der Waals surface area contributed by atoms with Crippen LogP contribution in [0.3, 0.4) is 0 Å². The van der Waals surface area contributed by atoms with Gasteiger partial charge >= 0.3 is 0 Å². The summed E-state index contributed by atoms with van der Waals surface area (Å²) < 4.78 is 6.90. The number of amides is 1. The Labute approximate surface area is 154 Å². The lowest BCUT2D eigenvalue weighted by atomic mass is 10.1. The third-order valence-electron chi connectivity index (χ3n) is 3.41. The van der Waals surface area contributed by atoms with E-state index in [0.29, 0.717) is 16.5 Å². The first-order chi connectivity index (χ1) is 12.6. The maximum absolute atomic E-state index is 11.9. The summed E-state index contributed by atoms with van der Waals surface area (Å²) in [6, 6.07) is 14.2. The lowest BCUT2D eigenvalue weighted by Crippen LogP contribution is -2.25. The van der Waals surface area contributed by atoms with Gasteiger partial charge in [-0.2, -0.15) is 5.10 Å². The lowest BCUT2D eigenvalue weighted by molar-refractivity contribution is -0.123. The monoisotopic (exact) mass is 370 g/mol. The molecule has 2 aromatic carbocycles. The van der Waals surface area contributed by atoms with Crippen molar-refractivity contribution < 1.29 is 9.53 Å². The number of carbonyl (C=O) groups excluding carboxylic acids is 1. The Hall–Kier alpha value is -3.26. The summed E-state index contributed by atoms with van der Waals surface area (Å²) in [5.41, 5.74) is 4.73. The highest BCUT2D eigenvalue weighted by Gasteiger charge is 2.05. The highest BCUT2D eigenvalue weighted by Crippen LogP contribution is 2.15. The normalized spacial score (nSPS) is 11.2. The molecule has 1 heterocycles. The van der Waals surface area contributed by atoms with E-state index in [-0.39, 0.29) is 12.5 Å². The zero-order valence-electron chi connectivity index (χ0n) is 13.8. The number of hydrazone groups is 1. The number of hydrogen-bond donors (Lipinski definition) is 1. The number of hydrogen-bond acceptors (Lipinski definition) is 6. The first-order valence-corrected chi connectivity index (χ1v) is 8.05. The minimum absolute atomic E-state index is 0.150. The summed E-state index contributed by atoms with van der Waals surface area (Å²) >= 11 is 5.80. The number of nitrogens with one attached hydrogen (secondary N) is 1. The van der Waals surface area contributed by atoms with Gasteiger partial charge in [0.15, 0.2) is 6.61 Å². The Balaban J connectivity index is 1.58. The molecule has 0 atom stereocenters. The third kappa shape index (κ3) is 4.64. The van der Waals surface area contributed by atoms with Gasteiger partial charge in [0.25, 0.3) is 5.91 Å². The molecule has 1 aromatic heterocycles. The van der Waals surface area contributed by atoms with E-state index < -0.39 is 0 Å². The second-order valence-electron chi connectivity index (χ2n) is 5.28. The molecule has 0 unspecified atom stereocenters. The predicted molar refractivity (Wildman–Crippen MR) is 96.5 cm³/mol. The Bertz CT molecular complexity index is 909. The molecule has 1 N–H and O–H groups in total. The van der Waals surface area contributed by atoms with Crippen molar-refractivity contribution in [3.63, 3.8) is 0 Å². The van der Waals surface area contributed by atoms with Crippen LogP contribution in [0.15, 0.2) is 60.0 Å². The van der Waals surface area contributed by atoms with Crippen LogP contribution in [0.4, 0.5) is 0 Å². The molecule has 0 saturated heterocycles. The molecule has 0 spiro atoms. The molecule has 132 valence electrons. The molecule has 3 rings (SSSR count). The smallest absolute Gasteiger partial charge is 0.277 e. The Morgan fingerprint density at radius 1 is 1.27 bits per heavy atom. The number of nitrogens with zero attached hydrogens (tertiary/aromatic N) is 5.